The van der Waals surface area contributed by atoms with E-state index in [2.05, 4.69) is 14.7 Å². The maximum Gasteiger partial charge on any atom is 0.265 e. The molecule has 0 fully saturated rings. The van der Waals surface area contributed by atoms with Crippen molar-refractivity contribution in [2.45, 2.75) is 37.6 Å². The lowest BCUT2D eigenvalue weighted by atomic mass is 9.93. The molecule has 0 saturated carbocycles. The molecule has 0 spiro atoms. The summed E-state index contributed by atoms with van der Waals surface area (Å²) in [6.45, 7) is 6.35. The first-order chi connectivity index (χ1) is 9.22. The zero-order valence-corrected chi connectivity index (χ0v) is 13.2. The third-order valence-electron chi connectivity index (χ3n) is 2.74. The fourth-order valence-electron chi connectivity index (χ4n) is 1.53. The van der Waals surface area contributed by atoms with E-state index in [1.165, 1.54) is 23.6 Å². The molecule has 0 amide bonds. The summed E-state index contributed by atoms with van der Waals surface area (Å²) in [5.41, 5.74) is 6.87. The van der Waals surface area contributed by atoms with E-state index in [4.69, 9.17) is 5.73 Å². The predicted octanol–water partition coefficient (Wildman–Crippen LogP) is 2.03. The number of nitrogens with two attached hydrogens (primary N) is 1. The second kappa shape index (κ2) is 5.19. The van der Waals surface area contributed by atoms with Crippen molar-refractivity contribution in [3.8, 4) is 0 Å². The van der Waals surface area contributed by atoms with Gasteiger partial charge in [-0.15, -0.1) is 11.3 Å². The number of hydrogen-bond acceptors (Lipinski definition) is 5. The van der Waals surface area contributed by atoms with Crippen LogP contribution >= 0.6 is 11.3 Å². The lowest BCUT2D eigenvalue weighted by Gasteiger charge is -2.14. The van der Waals surface area contributed by atoms with Gasteiger partial charge in [-0.25, -0.2) is 13.4 Å². The molecule has 4 N–H and O–H groups in total. The van der Waals surface area contributed by atoms with Crippen molar-refractivity contribution in [2.24, 2.45) is 5.73 Å². The van der Waals surface area contributed by atoms with Crippen LogP contribution in [-0.4, -0.2) is 18.4 Å². The van der Waals surface area contributed by atoms with Crippen LogP contribution in [0, 0.1) is 0 Å². The number of anilines is 1. The van der Waals surface area contributed by atoms with E-state index in [0.717, 1.165) is 5.69 Å². The topological polar surface area (TPSA) is 101 Å². The molecule has 0 unspecified atom stereocenters. The van der Waals surface area contributed by atoms with Gasteiger partial charge in [0.15, 0.2) is 5.13 Å². The molecule has 0 bridgehead atoms. The summed E-state index contributed by atoms with van der Waals surface area (Å²) >= 11 is 1.27. The van der Waals surface area contributed by atoms with Crippen LogP contribution in [0.15, 0.2) is 22.5 Å². The maximum atomic E-state index is 12.2. The Hall–Kier alpha value is -1.38. The standard InChI is InChI=1S/C12H18N4O2S2/c1-12(2,3)10-7-19-11(15-10)16-20(17,18)9-4-8(5-13)14-6-9/h4,6-7,14H,5,13H2,1-3H3,(H,15,16). The first kappa shape index (κ1) is 15.0. The van der Waals surface area contributed by atoms with Gasteiger partial charge in [-0.1, -0.05) is 20.8 Å². The summed E-state index contributed by atoms with van der Waals surface area (Å²) in [5.74, 6) is 0. The molecule has 2 rings (SSSR count). The van der Waals surface area contributed by atoms with Gasteiger partial charge >= 0.3 is 0 Å². The highest BCUT2D eigenvalue weighted by Gasteiger charge is 2.21. The van der Waals surface area contributed by atoms with Gasteiger partial charge in [0, 0.05) is 29.2 Å². The molecule has 0 aliphatic rings. The predicted molar refractivity (Wildman–Crippen MR) is 80.3 cm³/mol. The van der Waals surface area contributed by atoms with Crippen molar-refractivity contribution in [3.05, 3.63) is 29.0 Å². The molecule has 0 aromatic carbocycles. The molecule has 0 atom stereocenters. The van der Waals surface area contributed by atoms with Crippen molar-refractivity contribution in [2.75, 3.05) is 4.72 Å². The van der Waals surface area contributed by atoms with Crippen molar-refractivity contribution in [1.29, 1.82) is 0 Å². The van der Waals surface area contributed by atoms with Crippen molar-refractivity contribution >= 4 is 26.5 Å². The van der Waals surface area contributed by atoms with Crippen LogP contribution in [0.25, 0.3) is 0 Å². The Morgan fingerprint density at radius 2 is 2.15 bits per heavy atom. The highest BCUT2D eigenvalue weighted by atomic mass is 32.2. The highest BCUT2D eigenvalue weighted by Crippen LogP contribution is 2.27. The molecule has 2 heterocycles. The molecule has 110 valence electrons. The summed E-state index contributed by atoms with van der Waals surface area (Å²) < 4.78 is 26.9. The summed E-state index contributed by atoms with van der Waals surface area (Å²) in [4.78, 5) is 7.29. The van der Waals surface area contributed by atoms with Gasteiger partial charge in [-0.3, -0.25) is 4.72 Å². The lowest BCUT2D eigenvalue weighted by Crippen LogP contribution is -2.14. The van der Waals surface area contributed by atoms with Gasteiger partial charge in [-0.05, 0) is 6.07 Å². The number of thiazole rings is 1. The van der Waals surface area contributed by atoms with Crippen LogP contribution in [-0.2, 0) is 22.0 Å². The molecule has 20 heavy (non-hydrogen) atoms. The number of nitrogens with zero attached hydrogens (tertiary/aromatic N) is 1. The maximum absolute atomic E-state index is 12.2. The minimum atomic E-state index is -3.62. The van der Waals surface area contributed by atoms with E-state index < -0.39 is 10.0 Å². The van der Waals surface area contributed by atoms with Gasteiger partial charge in [0.25, 0.3) is 10.0 Å². The van der Waals surface area contributed by atoms with Crippen molar-refractivity contribution < 1.29 is 8.42 Å². The molecule has 0 aliphatic carbocycles. The fraction of sp³-hybridized carbons (Fsp3) is 0.417. The number of sulfonamides is 1. The normalized spacial score (nSPS) is 12.6. The Kier molecular flexibility index (Phi) is 3.90. The monoisotopic (exact) mass is 314 g/mol. The van der Waals surface area contributed by atoms with E-state index >= 15 is 0 Å². The third-order valence-corrected chi connectivity index (χ3v) is 4.95. The number of hydrogen-bond donors (Lipinski definition) is 3. The molecule has 0 radical (unpaired) electrons. The zero-order valence-electron chi connectivity index (χ0n) is 11.6. The van der Waals surface area contributed by atoms with Crippen LogP contribution in [0.4, 0.5) is 5.13 Å². The van der Waals surface area contributed by atoms with E-state index in [9.17, 15) is 8.42 Å². The van der Waals surface area contributed by atoms with Crippen LogP contribution < -0.4 is 10.5 Å². The van der Waals surface area contributed by atoms with Gasteiger partial charge in [0.05, 0.1) is 5.69 Å². The number of aromatic amines is 1. The van der Waals surface area contributed by atoms with Gasteiger partial charge in [0.1, 0.15) is 4.90 Å². The first-order valence-electron chi connectivity index (χ1n) is 6.08. The molecule has 0 aliphatic heterocycles. The average molecular weight is 314 g/mol. The Morgan fingerprint density at radius 3 is 2.65 bits per heavy atom. The zero-order chi connectivity index (χ0) is 15.0. The quantitative estimate of drug-likeness (QED) is 0.803. The second-order valence-corrected chi connectivity index (χ2v) is 8.00. The number of H-pyrrole nitrogens is 1. The molecule has 8 heteroatoms. The van der Waals surface area contributed by atoms with E-state index in [1.54, 1.807) is 0 Å². The van der Waals surface area contributed by atoms with E-state index in [-0.39, 0.29) is 16.9 Å². The van der Waals surface area contributed by atoms with E-state index in [1.807, 2.05) is 26.2 Å². The number of aromatic nitrogens is 2. The van der Waals surface area contributed by atoms with Gasteiger partial charge in [-0.2, -0.15) is 0 Å². The summed E-state index contributed by atoms with van der Waals surface area (Å²) in [6, 6.07) is 1.51. The number of rotatable bonds is 4. The van der Waals surface area contributed by atoms with E-state index in [0.29, 0.717) is 10.8 Å². The molecule has 2 aromatic rings. The summed E-state index contributed by atoms with van der Waals surface area (Å²) in [7, 11) is -3.62. The Labute approximate surface area is 122 Å². The largest absolute Gasteiger partial charge is 0.363 e. The summed E-state index contributed by atoms with van der Waals surface area (Å²) in [6.07, 6.45) is 1.42. The molecule has 2 aromatic heterocycles. The highest BCUT2D eigenvalue weighted by molar-refractivity contribution is 7.93. The SMILES string of the molecule is CC(C)(C)c1csc(NS(=O)(=O)c2c[nH]c(CN)c2)n1. The number of nitrogens with one attached hydrogen (secondary N) is 2. The van der Waals surface area contributed by atoms with Gasteiger partial charge in [0.2, 0.25) is 0 Å². The molecule has 0 saturated heterocycles. The molecular weight excluding hydrogens is 296 g/mol. The van der Waals surface area contributed by atoms with Crippen LogP contribution in [0.5, 0.6) is 0 Å². The Bertz CT molecular complexity index is 695. The smallest absolute Gasteiger partial charge is 0.265 e. The molecular formula is C12H18N4O2S2. The summed E-state index contributed by atoms with van der Waals surface area (Å²) in [5, 5.41) is 2.23. The first-order valence-corrected chi connectivity index (χ1v) is 8.45. The fourth-order valence-corrected chi connectivity index (χ4v) is 3.74. The minimum Gasteiger partial charge on any atom is -0.363 e. The minimum absolute atomic E-state index is 0.110. The lowest BCUT2D eigenvalue weighted by molar-refractivity contribution is 0.573. The van der Waals surface area contributed by atoms with Crippen LogP contribution in [0.2, 0.25) is 0 Å². The van der Waals surface area contributed by atoms with Crippen LogP contribution in [0.1, 0.15) is 32.2 Å². The van der Waals surface area contributed by atoms with Crippen molar-refractivity contribution in [3.63, 3.8) is 0 Å². The average Bonchev–Trinajstić information content (AvgIpc) is 2.95. The third kappa shape index (κ3) is 3.20. The van der Waals surface area contributed by atoms with Gasteiger partial charge < -0.3 is 10.7 Å². The molecule has 6 nitrogen and oxygen atoms in total. The Balaban J connectivity index is 2.22. The second-order valence-electron chi connectivity index (χ2n) is 5.46. The van der Waals surface area contributed by atoms with Crippen LogP contribution in [0.3, 0.4) is 0 Å². The Morgan fingerprint density at radius 1 is 1.45 bits per heavy atom. The van der Waals surface area contributed by atoms with Crippen molar-refractivity contribution in [1.82, 2.24) is 9.97 Å².